The van der Waals surface area contributed by atoms with E-state index in [-0.39, 0.29) is 18.8 Å². The van der Waals surface area contributed by atoms with Crippen LogP contribution in [0, 0.1) is 5.41 Å². The molecule has 2 aliphatic rings. The second-order valence-corrected chi connectivity index (χ2v) is 9.78. The van der Waals surface area contributed by atoms with Crippen LogP contribution in [-0.4, -0.2) is 57.3 Å². The molecule has 164 valence electrons. The van der Waals surface area contributed by atoms with Crippen molar-refractivity contribution < 1.29 is 14.9 Å². The molecule has 0 saturated carbocycles. The summed E-state index contributed by atoms with van der Waals surface area (Å²) >= 11 is 6.31. The normalized spacial score (nSPS) is 24.9. The van der Waals surface area contributed by atoms with Gasteiger partial charge in [0, 0.05) is 41.3 Å². The first-order chi connectivity index (χ1) is 14.4. The van der Waals surface area contributed by atoms with Gasteiger partial charge in [0.15, 0.2) is 0 Å². The van der Waals surface area contributed by atoms with Gasteiger partial charge < -0.3 is 14.9 Å². The molecule has 2 N–H and O–H groups in total. The first-order valence-electron chi connectivity index (χ1n) is 10.8. The summed E-state index contributed by atoms with van der Waals surface area (Å²) in [5.74, 6) is 0. The van der Waals surface area contributed by atoms with E-state index in [0.717, 1.165) is 49.5 Å². The number of piperidine rings is 1. The summed E-state index contributed by atoms with van der Waals surface area (Å²) in [5, 5.41) is 24.3. The van der Waals surface area contributed by atoms with Crippen LogP contribution in [0.2, 0.25) is 5.02 Å². The fraction of sp³-hybridized carbons (Fsp3) is 0.609. The Kier molecular flexibility index (Phi) is 6.24. The highest BCUT2D eigenvalue weighted by molar-refractivity contribution is 6.30. The minimum absolute atomic E-state index is 0.0740. The molecular weight excluding hydrogens is 402 g/mol. The summed E-state index contributed by atoms with van der Waals surface area (Å²) in [6, 6.07) is 6.60. The molecular formula is C23H32ClN3O3. The summed E-state index contributed by atoms with van der Waals surface area (Å²) in [5.41, 5.74) is 2.98. The van der Waals surface area contributed by atoms with Gasteiger partial charge in [-0.05, 0) is 49.4 Å². The van der Waals surface area contributed by atoms with Gasteiger partial charge >= 0.3 is 0 Å². The zero-order valence-electron chi connectivity index (χ0n) is 17.9. The molecule has 1 aromatic heterocycles. The van der Waals surface area contributed by atoms with Crippen LogP contribution in [0.1, 0.15) is 43.4 Å². The summed E-state index contributed by atoms with van der Waals surface area (Å²) < 4.78 is 8.21. The minimum Gasteiger partial charge on any atom is -0.396 e. The highest BCUT2D eigenvalue weighted by Gasteiger charge is 2.43. The number of hydrogen-bond acceptors (Lipinski definition) is 5. The van der Waals surface area contributed by atoms with Crippen molar-refractivity contribution in [2.45, 2.75) is 57.8 Å². The Morgan fingerprint density at radius 2 is 2.13 bits per heavy atom. The van der Waals surface area contributed by atoms with Crippen molar-refractivity contribution in [1.29, 1.82) is 0 Å². The number of halogens is 1. The van der Waals surface area contributed by atoms with Crippen LogP contribution in [0.3, 0.4) is 0 Å². The zero-order valence-corrected chi connectivity index (χ0v) is 18.6. The highest BCUT2D eigenvalue weighted by Crippen LogP contribution is 2.44. The Labute approximate surface area is 183 Å². The summed E-state index contributed by atoms with van der Waals surface area (Å²) in [7, 11) is 0. The molecule has 2 aromatic rings. The third-order valence-electron chi connectivity index (χ3n) is 6.74. The molecule has 0 amide bonds. The highest BCUT2D eigenvalue weighted by atomic mass is 35.5. The van der Waals surface area contributed by atoms with Gasteiger partial charge in [-0.3, -0.25) is 9.58 Å². The van der Waals surface area contributed by atoms with Gasteiger partial charge in [0.2, 0.25) is 0 Å². The molecule has 1 aromatic carbocycles. The van der Waals surface area contributed by atoms with Crippen molar-refractivity contribution in [2.24, 2.45) is 5.41 Å². The molecule has 2 aliphatic heterocycles. The van der Waals surface area contributed by atoms with Crippen molar-refractivity contribution in [3.8, 4) is 0 Å². The number of nitrogens with zero attached hydrogens (tertiary/aromatic N) is 3. The van der Waals surface area contributed by atoms with Crippen molar-refractivity contribution in [1.82, 2.24) is 14.7 Å². The lowest BCUT2D eigenvalue weighted by Crippen LogP contribution is -2.50. The molecule has 1 saturated heterocycles. The monoisotopic (exact) mass is 433 g/mol. The fourth-order valence-corrected chi connectivity index (χ4v) is 5.01. The molecule has 30 heavy (non-hydrogen) atoms. The number of rotatable bonds is 6. The van der Waals surface area contributed by atoms with Crippen molar-refractivity contribution in [2.75, 3.05) is 26.4 Å². The molecule has 7 heteroatoms. The van der Waals surface area contributed by atoms with E-state index in [1.54, 1.807) is 0 Å². The van der Waals surface area contributed by atoms with Crippen LogP contribution in [0.15, 0.2) is 30.6 Å². The Bertz CT molecular complexity index is 882. The molecule has 0 bridgehead atoms. The van der Waals surface area contributed by atoms with Gasteiger partial charge in [-0.2, -0.15) is 5.10 Å². The van der Waals surface area contributed by atoms with E-state index in [0.29, 0.717) is 12.6 Å². The molecule has 0 unspecified atom stereocenters. The standard InChI is InChI=1S/C23H32ClN3O3/c1-17-10-23(21-9-20(24)4-3-19(21)5-8-30-23)6-7-26(17)12-18-11-25-27(13-18)14-22(2,15-28)16-29/h3-4,9,11,13,17,28-29H,5-8,10,12,14-16H2,1-2H3/t17-,23+/m0/s1. The first kappa shape index (κ1) is 21.8. The Morgan fingerprint density at radius 3 is 2.87 bits per heavy atom. The van der Waals surface area contributed by atoms with Gasteiger partial charge in [0.25, 0.3) is 0 Å². The number of ether oxygens (including phenoxy) is 1. The zero-order chi connectivity index (χ0) is 21.4. The van der Waals surface area contributed by atoms with Crippen LogP contribution in [-0.2, 0) is 29.8 Å². The number of fused-ring (bicyclic) bond motifs is 2. The third kappa shape index (κ3) is 4.30. The van der Waals surface area contributed by atoms with E-state index < -0.39 is 5.41 Å². The number of likely N-dealkylation sites (tertiary alicyclic amines) is 1. The van der Waals surface area contributed by atoms with E-state index in [1.165, 1.54) is 11.1 Å². The maximum Gasteiger partial charge on any atom is 0.0961 e. The van der Waals surface area contributed by atoms with E-state index in [9.17, 15) is 10.2 Å². The molecule has 3 heterocycles. The number of aliphatic hydroxyl groups excluding tert-OH is 2. The summed E-state index contributed by atoms with van der Waals surface area (Å²) in [6.45, 7) is 7.01. The van der Waals surface area contributed by atoms with Crippen LogP contribution < -0.4 is 0 Å². The maximum absolute atomic E-state index is 9.53. The lowest BCUT2D eigenvalue weighted by atomic mass is 9.77. The second kappa shape index (κ2) is 8.60. The van der Waals surface area contributed by atoms with Gasteiger partial charge in [-0.15, -0.1) is 0 Å². The van der Waals surface area contributed by atoms with Crippen LogP contribution in [0.25, 0.3) is 0 Å². The van der Waals surface area contributed by atoms with E-state index in [1.807, 2.05) is 30.1 Å². The van der Waals surface area contributed by atoms with Crippen LogP contribution >= 0.6 is 11.6 Å². The lowest BCUT2D eigenvalue weighted by molar-refractivity contribution is -0.113. The Hall–Kier alpha value is -1.44. The van der Waals surface area contributed by atoms with Gasteiger partial charge in [0.05, 0.1) is 38.2 Å². The number of aromatic nitrogens is 2. The average Bonchev–Trinajstić information content (AvgIpc) is 3.17. The van der Waals surface area contributed by atoms with E-state index >= 15 is 0 Å². The SMILES string of the molecule is C[C@H]1C[C@@]2(CCN1Cc1cnn(CC(C)(CO)CO)c1)OCCc1ccc(Cl)cc12. The number of aliphatic hydroxyl groups is 2. The van der Waals surface area contributed by atoms with Gasteiger partial charge in [-0.1, -0.05) is 24.6 Å². The molecule has 2 atom stereocenters. The van der Waals surface area contributed by atoms with Crippen LogP contribution in [0.5, 0.6) is 0 Å². The lowest BCUT2D eigenvalue weighted by Gasteiger charge is -2.48. The largest absolute Gasteiger partial charge is 0.396 e. The number of hydrogen-bond donors (Lipinski definition) is 2. The molecule has 0 radical (unpaired) electrons. The minimum atomic E-state index is -0.568. The van der Waals surface area contributed by atoms with Crippen molar-refractivity contribution >= 4 is 11.6 Å². The van der Waals surface area contributed by atoms with Gasteiger partial charge in [0.1, 0.15) is 0 Å². The van der Waals surface area contributed by atoms with E-state index in [2.05, 4.69) is 29.1 Å². The predicted molar refractivity (Wildman–Crippen MR) is 116 cm³/mol. The van der Waals surface area contributed by atoms with Crippen LogP contribution in [0.4, 0.5) is 0 Å². The Morgan fingerprint density at radius 1 is 1.33 bits per heavy atom. The maximum atomic E-state index is 9.53. The topological polar surface area (TPSA) is 70.8 Å². The molecule has 4 rings (SSSR count). The smallest absolute Gasteiger partial charge is 0.0961 e. The second-order valence-electron chi connectivity index (χ2n) is 9.34. The number of benzene rings is 1. The third-order valence-corrected chi connectivity index (χ3v) is 6.98. The summed E-state index contributed by atoms with van der Waals surface area (Å²) in [4.78, 5) is 2.48. The van der Waals surface area contributed by atoms with E-state index in [4.69, 9.17) is 16.3 Å². The van der Waals surface area contributed by atoms with Gasteiger partial charge in [-0.25, -0.2) is 0 Å². The quantitative estimate of drug-likeness (QED) is 0.732. The average molecular weight is 434 g/mol. The molecule has 1 fully saturated rings. The predicted octanol–water partition coefficient (Wildman–Crippen LogP) is 2.98. The van der Waals surface area contributed by atoms with Crippen molar-refractivity contribution in [3.63, 3.8) is 0 Å². The molecule has 6 nitrogen and oxygen atoms in total. The molecule has 1 spiro atoms. The van der Waals surface area contributed by atoms with Crippen molar-refractivity contribution in [3.05, 3.63) is 52.3 Å². The summed E-state index contributed by atoms with van der Waals surface area (Å²) in [6.07, 6.45) is 6.75. The molecule has 0 aliphatic carbocycles. The fourth-order valence-electron chi connectivity index (χ4n) is 4.84. The Balaban J connectivity index is 1.44. The first-order valence-corrected chi connectivity index (χ1v) is 11.1.